The van der Waals surface area contributed by atoms with Crippen LogP contribution in [-0.4, -0.2) is 19.7 Å². The van der Waals surface area contributed by atoms with Gasteiger partial charge in [0.1, 0.15) is 12.2 Å². The second-order valence-electron chi connectivity index (χ2n) is 4.14. The SMILES string of the molecule is Cc1nc(C)c(CNC(C)c2nncn2C)s1. The van der Waals surface area contributed by atoms with E-state index in [1.165, 1.54) is 4.88 Å². The Morgan fingerprint density at radius 2 is 2.24 bits per heavy atom. The van der Waals surface area contributed by atoms with Gasteiger partial charge in [0.15, 0.2) is 0 Å². The Hall–Kier alpha value is -1.27. The number of aryl methyl sites for hydroxylation is 3. The minimum atomic E-state index is 0.185. The lowest BCUT2D eigenvalue weighted by Gasteiger charge is -2.12. The van der Waals surface area contributed by atoms with Gasteiger partial charge >= 0.3 is 0 Å². The molecule has 5 nitrogen and oxygen atoms in total. The van der Waals surface area contributed by atoms with E-state index in [9.17, 15) is 0 Å². The summed E-state index contributed by atoms with van der Waals surface area (Å²) in [5.41, 5.74) is 1.12. The van der Waals surface area contributed by atoms with Gasteiger partial charge in [-0.1, -0.05) is 0 Å². The first-order chi connectivity index (χ1) is 8.08. The largest absolute Gasteiger partial charge is 0.319 e. The molecule has 1 atom stereocenters. The van der Waals surface area contributed by atoms with Gasteiger partial charge in [0.05, 0.1) is 16.7 Å². The zero-order chi connectivity index (χ0) is 12.4. The first-order valence-corrected chi connectivity index (χ1v) is 6.39. The lowest BCUT2D eigenvalue weighted by molar-refractivity contribution is 0.530. The predicted molar refractivity (Wildman–Crippen MR) is 67.8 cm³/mol. The first kappa shape index (κ1) is 12.2. The molecule has 0 aliphatic rings. The highest BCUT2D eigenvalue weighted by atomic mass is 32.1. The van der Waals surface area contributed by atoms with Crippen LogP contribution in [0.4, 0.5) is 0 Å². The van der Waals surface area contributed by atoms with Gasteiger partial charge < -0.3 is 9.88 Å². The lowest BCUT2D eigenvalue weighted by Crippen LogP contribution is -2.20. The normalized spacial score (nSPS) is 12.9. The second-order valence-corrected chi connectivity index (χ2v) is 5.43. The average Bonchev–Trinajstić information content (AvgIpc) is 2.81. The number of aromatic nitrogens is 4. The number of nitrogens with zero attached hydrogens (tertiary/aromatic N) is 4. The van der Waals surface area contributed by atoms with E-state index in [4.69, 9.17) is 0 Å². The van der Waals surface area contributed by atoms with E-state index in [0.29, 0.717) is 0 Å². The molecule has 6 heteroatoms. The monoisotopic (exact) mass is 251 g/mol. The van der Waals surface area contributed by atoms with E-state index < -0.39 is 0 Å². The fraction of sp³-hybridized carbons (Fsp3) is 0.545. The van der Waals surface area contributed by atoms with Crippen molar-refractivity contribution < 1.29 is 0 Å². The highest BCUT2D eigenvalue weighted by molar-refractivity contribution is 7.11. The zero-order valence-electron chi connectivity index (χ0n) is 10.6. The molecule has 92 valence electrons. The summed E-state index contributed by atoms with van der Waals surface area (Å²) in [7, 11) is 1.95. The van der Waals surface area contributed by atoms with Crippen LogP contribution < -0.4 is 5.32 Å². The fourth-order valence-corrected chi connectivity index (χ4v) is 2.65. The van der Waals surface area contributed by atoms with Crippen LogP contribution in [-0.2, 0) is 13.6 Å². The van der Waals surface area contributed by atoms with Crippen LogP contribution >= 0.6 is 11.3 Å². The molecule has 0 aliphatic carbocycles. The summed E-state index contributed by atoms with van der Waals surface area (Å²) in [6.07, 6.45) is 1.72. The van der Waals surface area contributed by atoms with Gasteiger partial charge in [-0.3, -0.25) is 0 Å². The van der Waals surface area contributed by atoms with E-state index in [-0.39, 0.29) is 6.04 Å². The van der Waals surface area contributed by atoms with Gasteiger partial charge in [0.2, 0.25) is 0 Å². The molecule has 0 bridgehead atoms. The first-order valence-electron chi connectivity index (χ1n) is 5.58. The van der Waals surface area contributed by atoms with Crippen molar-refractivity contribution >= 4 is 11.3 Å². The molecule has 0 aromatic carbocycles. The standard InChI is InChI=1S/C11H17N5S/c1-7-10(17-9(3)14-7)5-12-8(2)11-15-13-6-16(11)4/h6,8,12H,5H2,1-4H3. The lowest BCUT2D eigenvalue weighted by atomic mass is 10.3. The number of hydrogen-bond donors (Lipinski definition) is 1. The predicted octanol–water partition coefficient (Wildman–Crippen LogP) is 1.74. The molecule has 2 aromatic heterocycles. The van der Waals surface area contributed by atoms with Crippen LogP contribution in [0.3, 0.4) is 0 Å². The summed E-state index contributed by atoms with van der Waals surface area (Å²) in [4.78, 5) is 5.70. The molecule has 0 aliphatic heterocycles. The fourth-order valence-electron chi connectivity index (χ4n) is 1.76. The summed E-state index contributed by atoms with van der Waals surface area (Å²) in [5, 5.41) is 12.5. The molecule has 0 spiro atoms. The van der Waals surface area contributed by atoms with Crippen molar-refractivity contribution in [1.29, 1.82) is 0 Å². The third-order valence-electron chi connectivity index (χ3n) is 2.70. The third-order valence-corrected chi connectivity index (χ3v) is 3.77. The van der Waals surface area contributed by atoms with Crippen molar-refractivity contribution in [1.82, 2.24) is 25.1 Å². The minimum absolute atomic E-state index is 0.185. The number of thiazole rings is 1. The molecule has 0 amide bonds. The van der Waals surface area contributed by atoms with Gasteiger partial charge in [0.25, 0.3) is 0 Å². The Kier molecular flexibility index (Phi) is 3.54. The molecule has 0 saturated heterocycles. The quantitative estimate of drug-likeness (QED) is 0.899. The molecule has 0 fully saturated rings. The van der Waals surface area contributed by atoms with Crippen LogP contribution in [0.5, 0.6) is 0 Å². The number of rotatable bonds is 4. The Labute approximate surface area is 105 Å². The van der Waals surface area contributed by atoms with Crippen molar-refractivity contribution in [2.24, 2.45) is 7.05 Å². The molecule has 1 unspecified atom stereocenters. The van der Waals surface area contributed by atoms with Crippen LogP contribution in [0.1, 0.15) is 34.4 Å². The summed E-state index contributed by atoms with van der Waals surface area (Å²) in [6.45, 7) is 7.00. The Balaban J connectivity index is 1.99. The van der Waals surface area contributed by atoms with E-state index in [1.807, 2.05) is 25.5 Å². The molecule has 2 rings (SSSR count). The van der Waals surface area contributed by atoms with Crippen LogP contribution in [0.25, 0.3) is 0 Å². The van der Waals surface area contributed by atoms with Crippen LogP contribution in [0.15, 0.2) is 6.33 Å². The molecule has 2 aromatic rings. The maximum absolute atomic E-state index is 4.41. The molecule has 0 saturated carbocycles. The van der Waals surface area contributed by atoms with Crippen molar-refractivity contribution in [3.05, 3.63) is 27.7 Å². The number of hydrogen-bond acceptors (Lipinski definition) is 5. The topological polar surface area (TPSA) is 55.6 Å². The summed E-state index contributed by atoms with van der Waals surface area (Å²) >= 11 is 1.74. The second kappa shape index (κ2) is 4.93. The van der Waals surface area contributed by atoms with E-state index in [1.54, 1.807) is 17.7 Å². The van der Waals surface area contributed by atoms with Crippen molar-refractivity contribution in [2.75, 3.05) is 0 Å². The zero-order valence-corrected chi connectivity index (χ0v) is 11.4. The molecule has 1 N–H and O–H groups in total. The molecule has 0 radical (unpaired) electrons. The van der Waals surface area contributed by atoms with Crippen molar-refractivity contribution in [2.45, 2.75) is 33.4 Å². The Morgan fingerprint density at radius 1 is 1.47 bits per heavy atom. The molecular weight excluding hydrogens is 234 g/mol. The Morgan fingerprint density at radius 3 is 2.76 bits per heavy atom. The molecule has 2 heterocycles. The third kappa shape index (κ3) is 2.70. The van der Waals surface area contributed by atoms with Crippen LogP contribution in [0, 0.1) is 13.8 Å². The summed E-state index contributed by atoms with van der Waals surface area (Å²) in [5.74, 6) is 0.948. The van der Waals surface area contributed by atoms with Gasteiger partial charge in [-0.05, 0) is 20.8 Å². The van der Waals surface area contributed by atoms with Gasteiger partial charge in [-0.25, -0.2) is 4.98 Å². The minimum Gasteiger partial charge on any atom is -0.319 e. The van der Waals surface area contributed by atoms with Gasteiger partial charge in [0, 0.05) is 18.5 Å². The van der Waals surface area contributed by atoms with Gasteiger partial charge in [-0.2, -0.15) is 0 Å². The van der Waals surface area contributed by atoms with E-state index in [0.717, 1.165) is 23.1 Å². The van der Waals surface area contributed by atoms with Crippen molar-refractivity contribution in [3.8, 4) is 0 Å². The highest BCUT2D eigenvalue weighted by Gasteiger charge is 2.12. The summed E-state index contributed by atoms with van der Waals surface area (Å²) in [6, 6.07) is 0.185. The van der Waals surface area contributed by atoms with Crippen molar-refractivity contribution in [3.63, 3.8) is 0 Å². The maximum Gasteiger partial charge on any atom is 0.149 e. The molecular formula is C11H17N5S. The Bertz CT molecular complexity index is 502. The number of nitrogens with one attached hydrogen (secondary N) is 1. The highest BCUT2D eigenvalue weighted by Crippen LogP contribution is 2.18. The van der Waals surface area contributed by atoms with E-state index in [2.05, 4.69) is 27.4 Å². The van der Waals surface area contributed by atoms with Gasteiger partial charge in [-0.15, -0.1) is 21.5 Å². The average molecular weight is 251 g/mol. The molecule has 17 heavy (non-hydrogen) atoms. The summed E-state index contributed by atoms with van der Waals surface area (Å²) < 4.78 is 1.93. The maximum atomic E-state index is 4.41. The van der Waals surface area contributed by atoms with E-state index >= 15 is 0 Å². The van der Waals surface area contributed by atoms with Crippen LogP contribution in [0.2, 0.25) is 0 Å². The smallest absolute Gasteiger partial charge is 0.149 e.